The monoisotopic (exact) mass is 329 g/mol. The Bertz CT molecular complexity index is 681. The minimum absolute atomic E-state index is 0.0784. The topological polar surface area (TPSA) is 58.8 Å². The lowest BCUT2D eigenvalue weighted by atomic mass is 10.1. The van der Waals surface area contributed by atoms with Gasteiger partial charge >= 0.3 is 0 Å². The first-order chi connectivity index (χ1) is 11.6. The fraction of sp³-hybridized carbons (Fsp3) is 0.444. The van der Waals surface area contributed by atoms with Crippen LogP contribution in [0.3, 0.4) is 0 Å². The van der Waals surface area contributed by atoms with Gasteiger partial charge in [-0.25, -0.2) is 0 Å². The lowest BCUT2D eigenvalue weighted by Gasteiger charge is -2.34. The number of benzene rings is 1. The number of hydrogen-bond acceptors (Lipinski definition) is 5. The summed E-state index contributed by atoms with van der Waals surface area (Å²) in [5, 5.41) is 4.00. The van der Waals surface area contributed by atoms with Gasteiger partial charge in [0.25, 0.3) is 5.91 Å². The number of amides is 1. The molecule has 0 bridgehead atoms. The summed E-state index contributed by atoms with van der Waals surface area (Å²) in [7, 11) is 1.62. The molecule has 1 aliphatic rings. The van der Waals surface area contributed by atoms with E-state index in [0.29, 0.717) is 5.56 Å². The summed E-state index contributed by atoms with van der Waals surface area (Å²) in [6.07, 6.45) is 0. The van der Waals surface area contributed by atoms with Crippen LogP contribution in [0.5, 0.6) is 5.75 Å². The number of rotatable bonds is 4. The second-order valence-electron chi connectivity index (χ2n) is 6.10. The lowest BCUT2D eigenvalue weighted by Crippen LogP contribution is -2.48. The first kappa shape index (κ1) is 16.5. The first-order valence-corrected chi connectivity index (χ1v) is 8.16. The highest BCUT2D eigenvalue weighted by Crippen LogP contribution is 2.18. The minimum Gasteiger partial charge on any atom is -0.497 e. The number of piperazine rings is 1. The van der Waals surface area contributed by atoms with Crippen LogP contribution in [0.1, 0.15) is 27.4 Å². The van der Waals surface area contributed by atoms with Gasteiger partial charge in [-0.2, -0.15) is 0 Å². The summed E-state index contributed by atoms with van der Waals surface area (Å²) >= 11 is 0. The summed E-state index contributed by atoms with van der Waals surface area (Å²) in [6.45, 7) is 7.90. The molecule has 6 nitrogen and oxygen atoms in total. The van der Waals surface area contributed by atoms with Crippen molar-refractivity contribution in [3.8, 4) is 5.75 Å². The third-order valence-corrected chi connectivity index (χ3v) is 4.56. The molecule has 0 aliphatic carbocycles. The van der Waals surface area contributed by atoms with Crippen LogP contribution in [0.25, 0.3) is 0 Å². The average molecular weight is 329 g/mol. The second kappa shape index (κ2) is 7.05. The minimum atomic E-state index is 0.0784. The van der Waals surface area contributed by atoms with Crippen LogP contribution < -0.4 is 4.74 Å². The highest BCUT2D eigenvalue weighted by Gasteiger charge is 2.23. The Hall–Kier alpha value is -2.34. The van der Waals surface area contributed by atoms with E-state index in [4.69, 9.17) is 9.26 Å². The molecular weight excluding hydrogens is 306 g/mol. The quantitative estimate of drug-likeness (QED) is 0.861. The van der Waals surface area contributed by atoms with Crippen LogP contribution in [-0.4, -0.2) is 54.2 Å². The highest BCUT2D eigenvalue weighted by atomic mass is 16.5. The summed E-state index contributed by atoms with van der Waals surface area (Å²) in [6, 6.07) is 7.27. The van der Waals surface area contributed by atoms with Crippen molar-refractivity contribution in [3.63, 3.8) is 0 Å². The zero-order chi connectivity index (χ0) is 17.1. The molecule has 128 valence electrons. The van der Waals surface area contributed by atoms with E-state index < -0.39 is 0 Å². The summed E-state index contributed by atoms with van der Waals surface area (Å²) in [5.41, 5.74) is 2.81. The Labute approximate surface area is 142 Å². The van der Waals surface area contributed by atoms with Crippen LogP contribution in [0, 0.1) is 13.8 Å². The fourth-order valence-electron chi connectivity index (χ4n) is 2.98. The van der Waals surface area contributed by atoms with Gasteiger partial charge in [-0.05, 0) is 38.1 Å². The molecule has 0 saturated carbocycles. The van der Waals surface area contributed by atoms with Crippen LogP contribution >= 0.6 is 0 Å². The molecule has 1 aromatic carbocycles. The number of hydrogen-bond donors (Lipinski definition) is 0. The van der Waals surface area contributed by atoms with E-state index >= 15 is 0 Å². The largest absolute Gasteiger partial charge is 0.497 e. The third kappa shape index (κ3) is 3.43. The van der Waals surface area contributed by atoms with Crippen molar-refractivity contribution < 1.29 is 14.1 Å². The molecule has 1 saturated heterocycles. The molecule has 0 unspecified atom stereocenters. The fourth-order valence-corrected chi connectivity index (χ4v) is 2.98. The smallest absolute Gasteiger partial charge is 0.253 e. The molecule has 2 heterocycles. The summed E-state index contributed by atoms with van der Waals surface area (Å²) < 4.78 is 10.4. The standard InChI is InChI=1S/C18H23N3O3/c1-13-17(14(2)24-19-13)12-20-8-10-21(11-9-20)18(22)15-4-6-16(23-3)7-5-15/h4-7H,8-12H2,1-3H3. The van der Waals surface area contributed by atoms with Crippen molar-refractivity contribution in [2.24, 2.45) is 0 Å². The van der Waals surface area contributed by atoms with Crippen molar-refractivity contribution in [1.29, 1.82) is 0 Å². The molecule has 1 aromatic heterocycles. The zero-order valence-electron chi connectivity index (χ0n) is 14.4. The maximum atomic E-state index is 12.6. The van der Waals surface area contributed by atoms with Crippen LogP contribution in [-0.2, 0) is 6.54 Å². The van der Waals surface area contributed by atoms with E-state index in [-0.39, 0.29) is 5.91 Å². The van der Waals surface area contributed by atoms with E-state index in [0.717, 1.165) is 55.5 Å². The van der Waals surface area contributed by atoms with Gasteiger partial charge in [0.05, 0.1) is 12.8 Å². The highest BCUT2D eigenvalue weighted by molar-refractivity contribution is 5.94. The molecule has 3 rings (SSSR count). The lowest BCUT2D eigenvalue weighted by molar-refractivity contribution is 0.0627. The van der Waals surface area contributed by atoms with Crippen molar-refractivity contribution in [1.82, 2.24) is 15.0 Å². The van der Waals surface area contributed by atoms with Crippen LogP contribution in [0.4, 0.5) is 0 Å². The Balaban J connectivity index is 1.57. The van der Waals surface area contributed by atoms with Gasteiger partial charge in [0.2, 0.25) is 0 Å². The second-order valence-corrected chi connectivity index (χ2v) is 6.10. The molecule has 0 N–H and O–H groups in total. The molecule has 1 fully saturated rings. The molecule has 6 heteroatoms. The van der Waals surface area contributed by atoms with E-state index in [1.54, 1.807) is 7.11 Å². The van der Waals surface area contributed by atoms with E-state index in [2.05, 4.69) is 10.1 Å². The van der Waals surface area contributed by atoms with E-state index in [1.807, 2.05) is 43.0 Å². The molecule has 0 radical (unpaired) electrons. The Morgan fingerprint density at radius 1 is 1.17 bits per heavy atom. The van der Waals surface area contributed by atoms with Gasteiger partial charge in [-0.15, -0.1) is 0 Å². The maximum absolute atomic E-state index is 12.6. The van der Waals surface area contributed by atoms with Crippen molar-refractivity contribution in [3.05, 3.63) is 46.8 Å². The first-order valence-electron chi connectivity index (χ1n) is 8.16. The van der Waals surface area contributed by atoms with Crippen molar-refractivity contribution in [2.75, 3.05) is 33.3 Å². The molecule has 1 amide bonds. The van der Waals surface area contributed by atoms with Gasteiger partial charge < -0.3 is 14.2 Å². The van der Waals surface area contributed by atoms with Gasteiger partial charge in [-0.1, -0.05) is 5.16 Å². The van der Waals surface area contributed by atoms with Crippen LogP contribution in [0.15, 0.2) is 28.8 Å². The molecule has 1 aliphatic heterocycles. The Morgan fingerprint density at radius 2 is 1.83 bits per heavy atom. The van der Waals surface area contributed by atoms with Crippen LogP contribution in [0.2, 0.25) is 0 Å². The Morgan fingerprint density at radius 3 is 2.38 bits per heavy atom. The van der Waals surface area contributed by atoms with E-state index in [1.165, 1.54) is 0 Å². The van der Waals surface area contributed by atoms with Crippen molar-refractivity contribution in [2.45, 2.75) is 20.4 Å². The molecule has 0 spiro atoms. The third-order valence-electron chi connectivity index (χ3n) is 4.56. The maximum Gasteiger partial charge on any atom is 0.253 e. The predicted octanol–water partition coefficient (Wildman–Crippen LogP) is 2.26. The predicted molar refractivity (Wildman–Crippen MR) is 90.2 cm³/mol. The molecule has 0 atom stereocenters. The summed E-state index contributed by atoms with van der Waals surface area (Å²) in [4.78, 5) is 16.8. The van der Waals surface area contributed by atoms with Gasteiger partial charge in [-0.3, -0.25) is 9.69 Å². The number of nitrogens with zero attached hydrogens (tertiary/aromatic N) is 3. The SMILES string of the molecule is COc1ccc(C(=O)N2CCN(Cc3c(C)noc3C)CC2)cc1. The van der Waals surface area contributed by atoms with Gasteiger partial charge in [0.15, 0.2) is 0 Å². The zero-order valence-corrected chi connectivity index (χ0v) is 14.4. The van der Waals surface area contributed by atoms with Crippen molar-refractivity contribution >= 4 is 5.91 Å². The molecule has 24 heavy (non-hydrogen) atoms. The van der Waals surface area contributed by atoms with Gasteiger partial charge in [0, 0.05) is 43.9 Å². The molecular formula is C18H23N3O3. The summed E-state index contributed by atoms with van der Waals surface area (Å²) in [5.74, 6) is 1.72. The molecule has 2 aromatic rings. The number of ether oxygens (including phenoxy) is 1. The normalized spacial score (nSPS) is 15.5. The Kier molecular flexibility index (Phi) is 4.85. The number of carbonyl (C=O) groups excluding carboxylic acids is 1. The number of aromatic nitrogens is 1. The number of aryl methyl sites for hydroxylation is 2. The van der Waals surface area contributed by atoms with E-state index in [9.17, 15) is 4.79 Å². The number of carbonyl (C=O) groups is 1. The number of methoxy groups -OCH3 is 1. The average Bonchev–Trinajstić information content (AvgIpc) is 2.94. The van der Waals surface area contributed by atoms with Gasteiger partial charge in [0.1, 0.15) is 11.5 Å².